The molecule has 7 heteroatoms. The van der Waals surface area contributed by atoms with E-state index in [4.69, 9.17) is 0 Å². The van der Waals surface area contributed by atoms with E-state index in [1.807, 2.05) is 25.4 Å². The second-order valence-electron chi connectivity index (χ2n) is 7.52. The first-order valence-electron chi connectivity index (χ1n) is 10.6. The van der Waals surface area contributed by atoms with Gasteiger partial charge in [-0.15, -0.1) is 24.0 Å². The highest BCUT2D eigenvalue weighted by molar-refractivity contribution is 14.0. The number of benzene rings is 1. The number of nitrogens with one attached hydrogen (secondary N) is 2. The lowest BCUT2D eigenvalue weighted by atomic mass is 10.2. The summed E-state index contributed by atoms with van der Waals surface area (Å²) in [6, 6.07) is 14.8. The smallest absolute Gasteiger partial charge is 0.190 e. The maximum Gasteiger partial charge on any atom is 0.190 e. The Labute approximate surface area is 198 Å². The van der Waals surface area contributed by atoms with Crippen molar-refractivity contribution in [3.8, 4) is 0 Å². The highest BCUT2D eigenvalue weighted by atomic mass is 127. The summed E-state index contributed by atoms with van der Waals surface area (Å²) < 4.78 is 0. The molecule has 164 valence electrons. The Morgan fingerprint density at radius 1 is 1.03 bits per heavy atom. The minimum absolute atomic E-state index is 0. The molecule has 0 bridgehead atoms. The van der Waals surface area contributed by atoms with Gasteiger partial charge in [-0.25, -0.2) is 0 Å². The zero-order valence-corrected chi connectivity index (χ0v) is 20.5. The van der Waals surface area contributed by atoms with Gasteiger partial charge in [-0.05, 0) is 49.7 Å². The molecular weight excluding hydrogens is 487 g/mol. The molecule has 1 saturated heterocycles. The van der Waals surface area contributed by atoms with Crippen molar-refractivity contribution in [2.45, 2.75) is 19.8 Å². The fourth-order valence-electron chi connectivity index (χ4n) is 3.64. The number of piperazine rings is 1. The van der Waals surface area contributed by atoms with Gasteiger partial charge in [-0.1, -0.05) is 18.2 Å². The third-order valence-electron chi connectivity index (χ3n) is 5.31. The highest BCUT2D eigenvalue weighted by Gasteiger charge is 2.16. The van der Waals surface area contributed by atoms with Crippen molar-refractivity contribution in [3.63, 3.8) is 0 Å². The third kappa shape index (κ3) is 8.10. The molecule has 1 aromatic carbocycles. The van der Waals surface area contributed by atoms with Crippen LogP contribution in [0.5, 0.6) is 0 Å². The summed E-state index contributed by atoms with van der Waals surface area (Å²) in [6.45, 7) is 9.52. The molecule has 0 saturated carbocycles. The van der Waals surface area contributed by atoms with E-state index in [1.54, 1.807) is 0 Å². The number of anilines is 1. The van der Waals surface area contributed by atoms with Crippen LogP contribution < -0.4 is 15.5 Å². The Hall–Kier alpha value is -1.87. The summed E-state index contributed by atoms with van der Waals surface area (Å²) in [4.78, 5) is 13.7. The third-order valence-corrected chi connectivity index (χ3v) is 5.31. The van der Waals surface area contributed by atoms with Gasteiger partial charge in [-0.2, -0.15) is 0 Å². The lowest BCUT2D eigenvalue weighted by molar-refractivity contribution is 0.255. The van der Waals surface area contributed by atoms with E-state index in [-0.39, 0.29) is 24.0 Å². The maximum absolute atomic E-state index is 4.35. The van der Waals surface area contributed by atoms with E-state index in [9.17, 15) is 0 Å². The molecule has 2 heterocycles. The normalized spacial score (nSPS) is 14.9. The first kappa shape index (κ1) is 24.4. The molecular formula is C23H35IN6. The molecule has 6 nitrogen and oxygen atoms in total. The summed E-state index contributed by atoms with van der Waals surface area (Å²) in [5.41, 5.74) is 3.78. The number of hydrogen-bond donors (Lipinski definition) is 2. The lowest BCUT2D eigenvalue weighted by Crippen LogP contribution is -2.47. The zero-order chi connectivity index (χ0) is 20.3. The Bertz CT molecular complexity index is 759. The number of guanidine groups is 1. The number of pyridine rings is 1. The standard InChI is InChI=1S/C23H34N6.HI/c1-20-7-5-9-22(19-20)29-17-15-28(16-18-29)14-6-12-26-23(24-2)27-13-10-21-8-3-4-11-25-21;/h3-5,7-9,11,19H,6,10,12-18H2,1-2H3,(H2,24,26,27);1H. The monoisotopic (exact) mass is 522 g/mol. The molecule has 1 aliphatic rings. The SMILES string of the molecule is CN=C(NCCCN1CCN(c2cccc(C)c2)CC1)NCCc1ccccn1.I. The van der Waals surface area contributed by atoms with Gasteiger partial charge in [0.1, 0.15) is 0 Å². The van der Waals surface area contributed by atoms with Crippen molar-refractivity contribution in [2.24, 2.45) is 4.99 Å². The average molecular weight is 522 g/mol. The molecule has 0 spiro atoms. The molecule has 0 amide bonds. The highest BCUT2D eigenvalue weighted by Crippen LogP contribution is 2.17. The van der Waals surface area contributed by atoms with Crippen LogP contribution in [-0.4, -0.2) is 68.7 Å². The van der Waals surface area contributed by atoms with E-state index in [1.165, 1.54) is 11.3 Å². The van der Waals surface area contributed by atoms with E-state index in [2.05, 4.69) is 67.7 Å². The lowest BCUT2D eigenvalue weighted by Gasteiger charge is -2.36. The Morgan fingerprint density at radius 3 is 2.53 bits per heavy atom. The molecule has 1 aliphatic heterocycles. The molecule has 0 aliphatic carbocycles. The van der Waals surface area contributed by atoms with Crippen molar-refractivity contribution in [2.75, 3.05) is 57.8 Å². The fraction of sp³-hybridized carbons (Fsp3) is 0.478. The molecule has 0 atom stereocenters. The molecule has 2 aromatic rings. The first-order valence-corrected chi connectivity index (χ1v) is 10.6. The molecule has 3 rings (SSSR count). The van der Waals surface area contributed by atoms with Crippen LogP contribution in [0.15, 0.2) is 53.7 Å². The Balaban J connectivity index is 0.00000320. The Morgan fingerprint density at radius 2 is 1.83 bits per heavy atom. The van der Waals surface area contributed by atoms with E-state index < -0.39 is 0 Å². The van der Waals surface area contributed by atoms with Crippen molar-refractivity contribution in [1.82, 2.24) is 20.5 Å². The number of aryl methyl sites for hydroxylation is 1. The summed E-state index contributed by atoms with van der Waals surface area (Å²) in [7, 11) is 1.82. The molecule has 2 N–H and O–H groups in total. The molecule has 0 radical (unpaired) electrons. The predicted octanol–water partition coefficient (Wildman–Crippen LogP) is 2.93. The van der Waals surface area contributed by atoms with Gasteiger partial charge in [0.2, 0.25) is 0 Å². The van der Waals surface area contributed by atoms with Gasteiger partial charge in [0.25, 0.3) is 0 Å². The number of aromatic nitrogens is 1. The van der Waals surface area contributed by atoms with E-state index in [0.29, 0.717) is 0 Å². The van der Waals surface area contributed by atoms with Crippen molar-refractivity contribution < 1.29 is 0 Å². The molecule has 1 aromatic heterocycles. The molecule has 30 heavy (non-hydrogen) atoms. The van der Waals surface area contributed by atoms with Gasteiger partial charge < -0.3 is 15.5 Å². The van der Waals surface area contributed by atoms with Gasteiger partial charge in [-0.3, -0.25) is 14.9 Å². The van der Waals surface area contributed by atoms with E-state index in [0.717, 1.165) is 70.3 Å². The van der Waals surface area contributed by atoms with Gasteiger partial charge >= 0.3 is 0 Å². The van der Waals surface area contributed by atoms with Crippen molar-refractivity contribution >= 4 is 35.6 Å². The van der Waals surface area contributed by atoms with Crippen LogP contribution >= 0.6 is 24.0 Å². The van der Waals surface area contributed by atoms with Crippen LogP contribution in [0.3, 0.4) is 0 Å². The summed E-state index contributed by atoms with van der Waals surface area (Å²) in [5.74, 6) is 0.866. The van der Waals surface area contributed by atoms with Crippen LogP contribution in [0.4, 0.5) is 5.69 Å². The van der Waals surface area contributed by atoms with E-state index >= 15 is 0 Å². The van der Waals surface area contributed by atoms with Gasteiger partial charge in [0, 0.05) is 70.3 Å². The number of rotatable bonds is 8. The fourth-order valence-corrected chi connectivity index (χ4v) is 3.64. The van der Waals surface area contributed by atoms with Crippen LogP contribution in [0.2, 0.25) is 0 Å². The topological polar surface area (TPSA) is 55.8 Å². The molecule has 1 fully saturated rings. The van der Waals surface area contributed by atoms with Crippen molar-refractivity contribution in [1.29, 1.82) is 0 Å². The second-order valence-corrected chi connectivity index (χ2v) is 7.52. The second kappa shape index (κ2) is 13.4. The number of halogens is 1. The minimum Gasteiger partial charge on any atom is -0.369 e. The average Bonchev–Trinajstić information content (AvgIpc) is 2.76. The largest absolute Gasteiger partial charge is 0.369 e. The van der Waals surface area contributed by atoms with Crippen molar-refractivity contribution in [3.05, 3.63) is 59.9 Å². The van der Waals surface area contributed by atoms with Crippen LogP contribution in [0.1, 0.15) is 17.7 Å². The maximum atomic E-state index is 4.35. The quantitative estimate of drug-likeness (QED) is 0.242. The predicted molar refractivity (Wildman–Crippen MR) is 137 cm³/mol. The number of aliphatic imine (C=N–C) groups is 1. The van der Waals surface area contributed by atoms with Crippen LogP contribution in [0.25, 0.3) is 0 Å². The number of nitrogens with zero attached hydrogens (tertiary/aromatic N) is 4. The zero-order valence-electron chi connectivity index (χ0n) is 18.2. The molecule has 0 unspecified atom stereocenters. The van der Waals surface area contributed by atoms with Crippen LogP contribution in [-0.2, 0) is 6.42 Å². The van der Waals surface area contributed by atoms with Gasteiger partial charge in [0.05, 0.1) is 0 Å². The minimum atomic E-state index is 0. The summed E-state index contributed by atoms with van der Waals surface area (Å²) >= 11 is 0. The summed E-state index contributed by atoms with van der Waals surface area (Å²) in [5, 5.41) is 6.78. The first-order chi connectivity index (χ1) is 14.2. The van der Waals surface area contributed by atoms with Crippen LogP contribution in [0, 0.1) is 6.92 Å². The Kier molecular flexibility index (Phi) is 10.9. The van der Waals surface area contributed by atoms with Gasteiger partial charge in [0.15, 0.2) is 5.96 Å². The number of hydrogen-bond acceptors (Lipinski definition) is 4. The summed E-state index contributed by atoms with van der Waals surface area (Å²) in [6.07, 6.45) is 3.85.